The highest BCUT2D eigenvalue weighted by atomic mass is 16.5. The van der Waals surface area contributed by atoms with Gasteiger partial charge in [-0.3, -0.25) is 9.89 Å². The number of carbonyl (C=O) groups excluding carboxylic acids is 1. The third-order valence-corrected chi connectivity index (χ3v) is 5.97. The van der Waals surface area contributed by atoms with Crippen LogP contribution in [-0.2, 0) is 9.53 Å². The number of carbonyl (C=O) groups is 1. The first-order chi connectivity index (χ1) is 15.1. The summed E-state index contributed by atoms with van der Waals surface area (Å²) in [6.45, 7) is 2.97. The SMILES string of the molecule is CO[C@H]1CCC(CN2CC(=O)Nc3ncc(-c4ccc(-c5ncn[nH]5)nc4C)nc32)C1. The van der Waals surface area contributed by atoms with E-state index in [0.717, 1.165) is 42.8 Å². The normalized spacial score (nSPS) is 20.6. The molecular formula is C21H24N8O2. The maximum absolute atomic E-state index is 12.2. The molecule has 3 aromatic rings. The van der Waals surface area contributed by atoms with Crippen molar-refractivity contribution in [2.75, 3.05) is 30.4 Å². The molecule has 1 unspecified atom stereocenters. The quantitative estimate of drug-likeness (QED) is 0.644. The van der Waals surface area contributed by atoms with E-state index >= 15 is 0 Å². The molecule has 10 nitrogen and oxygen atoms in total. The van der Waals surface area contributed by atoms with Crippen molar-refractivity contribution < 1.29 is 9.53 Å². The molecule has 4 heterocycles. The molecule has 160 valence electrons. The fraction of sp³-hybridized carbons (Fsp3) is 0.429. The molecule has 10 heteroatoms. The van der Waals surface area contributed by atoms with Crippen molar-refractivity contribution in [1.29, 1.82) is 0 Å². The second-order valence-electron chi connectivity index (χ2n) is 8.06. The first kappa shape index (κ1) is 19.6. The Morgan fingerprint density at radius 3 is 2.84 bits per heavy atom. The molecule has 1 aliphatic heterocycles. The van der Waals surface area contributed by atoms with E-state index < -0.39 is 0 Å². The Labute approximate surface area is 179 Å². The number of methoxy groups -OCH3 is 1. The number of pyridine rings is 1. The van der Waals surface area contributed by atoms with Crippen LogP contribution < -0.4 is 10.2 Å². The number of aryl methyl sites for hydroxylation is 1. The number of H-pyrrole nitrogens is 1. The zero-order chi connectivity index (χ0) is 21.4. The summed E-state index contributed by atoms with van der Waals surface area (Å²) in [5, 5.41) is 9.54. The van der Waals surface area contributed by atoms with Crippen molar-refractivity contribution in [1.82, 2.24) is 30.1 Å². The van der Waals surface area contributed by atoms with Gasteiger partial charge in [0.2, 0.25) is 5.91 Å². The molecular weight excluding hydrogens is 396 g/mol. The molecule has 0 spiro atoms. The van der Waals surface area contributed by atoms with Crippen LogP contribution in [0.1, 0.15) is 25.0 Å². The molecule has 2 aliphatic rings. The second kappa shape index (κ2) is 8.03. The van der Waals surface area contributed by atoms with E-state index in [-0.39, 0.29) is 12.5 Å². The molecule has 1 amide bonds. The van der Waals surface area contributed by atoms with Crippen LogP contribution in [0.3, 0.4) is 0 Å². The zero-order valence-electron chi connectivity index (χ0n) is 17.5. The summed E-state index contributed by atoms with van der Waals surface area (Å²) >= 11 is 0. The zero-order valence-corrected chi connectivity index (χ0v) is 17.5. The summed E-state index contributed by atoms with van der Waals surface area (Å²) in [5.74, 6) is 2.23. The van der Waals surface area contributed by atoms with E-state index in [2.05, 4.69) is 30.5 Å². The third-order valence-electron chi connectivity index (χ3n) is 5.97. The number of aromatic nitrogens is 6. The van der Waals surface area contributed by atoms with Gasteiger partial charge in [-0.15, -0.1) is 0 Å². The Balaban J connectivity index is 1.44. The molecule has 31 heavy (non-hydrogen) atoms. The maximum atomic E-state index is 12.2. The van der Waals surface area contributed by atoms with E-state index in [1.165, 1.54) is 6.33 Å². The van der Waals surface area contributed by atoms with E-state index in [1.54, 1.807) is 13.3 Å². The average Bonchev–Trinajstić information content (AvgIpc) is 3.46. The van der Waals surface area contributed by atoms with Gasteiger partial charge in [0, 0.05) is 24.9 Å². The van der Waals surface area contributed by atoms with Gasteiger partial charge in [-0.25, -0.2) is 19.9 Å². The van der Waals surface area contributed by atoms with Crippen molar-refractivity contribution in [2.45, 2.75) is 32.3 Å². The van der Waals surface area contributed by atoms with E-state index in [1.807, 2.05) is 24.0 Å². The topological polar surface area (TPSA) is 122 Å². The minimum absolute atomic E-state index is 0.0647. The Bertz CT molecular complexity index is 1100. The number of ether oxygens (including phenoxy) is 1. The number of anilines is 2. The number of nitrogens with zero attached hydrogens (tertiary/aromatic N) is 6. The summed E-state index contributed by atoms with van der Waals surface area (Å²) in [6, 6.07) is 3.84. The standard InChI is InChI=1S/C21H24N8O2/c1-12-15(5-6-16(25-12)19-23-11-24-28-19)17-8-22-20-21(26-17)29(10-18(30)27-20)9-13-3-4-14(7-13)31-2/h5-6,8,11,13-14H,3-4,7,9-10H2,1-2H3,(H,22,27,30)(H,23,24,28)/t13?,14-/m0/s1. The molecule has 1 fully saturated rings. The predicted molar refractivity (Wildman–Crippen MR) is 114 cm³/mol. The largest absolute Gasteiger partial charge is 0.381 e. The van der Waals surface area contributed by atoms with Crippen LogP contribution >= 0.6 is 0 Å². The molecule has 2 atom stereocenters. The molecule has 1 aliphatic carbocycles. The first-order valence-electron chi connectivity index (χ1n) is 10.4. The molecule has 3 aromatic heterocycles. The van der Waals surface area contributed by atoms with Gasteiger partial charge < -0.3 is 15.0 Å². The molecule has 5 rings (SSSR count). The Kier molecular flexibility index (Phi) is 5.06. The number of nitrogens with one attached hydrogen (secondary N) is 2. The van der Waals surface area contributed by atoms with Crippen LogP contribution in [0.4, 0.5) is 11.6 Å². The Morgan fingerprint density at radius 1 is 1.19 bits per heavy atom. The monoisotopic (exact) mass is 420 g/mol. The number of hydrogen-bond donors (Lipinski definition) is 2. The van der Waals surface area contributed by atoms with Gasteiger partial charge in [-0.1, -0.05) is 0 Å². The van der Waals surface area contributed by atoms with Crippen molar-refractivity contribution in [3.63, 3.8) is 0 Å². The predicted octanol–water partition coefficient (Wildman–Crippen LogP) is 2.21. The van der Waals surface area contributed by atoms with Gasteiger partial charge in [-0.05, 0) is 44.2 Å². The minimum Gasteiger partial charge on any atom is -0.381 e. The summed E-state index contributed by atoms with van der Waals surface area (Å²) < 4.78 is 5.50. The molecule has 2 N–H and O–H groups in total. The lowest BCUT2D eigenvalue weighted by Crippen LogP contribution is -2.41. The first-order valence-corrected chi connectivity index (χ1v) is 10.4. The van der Waals surface area contributed by atoms with E-state index in [4.69, 9.17) is 9.72 Å². The van der Waals surface area contributed by atoms with Crippen LogP contribution in [0, 0.1) is 12.8 Å². The lowest BCUT2D eigenvalue weighted by Gasteiger charge is -2.31. The Hall–Kier alpha value is -3.40. The second-order valence-corrected chi connectivity index (χ2v) is 8.06. The van der Waals surface area contributed by atoms with Crippen LogP contribution in [0.2, 0.25) is 0 Å². The number of rotatable bonds is 5. The number of fused-ring (bicyclic) bond motifs is 1. The highest BCUT2D eigenvalue weighted by Gasteiger charge is 2.31. The number of amides is 1. The fourth-order valence-electron chi connectivity index (χ4n) is 4.40. The van der Waals surface area contributed by atoms with Crippen molar-refractivity contribution >= 4 is 17.5 Å². The molecule has 1 saturated carbocycles. The van der Waals surface area contributed by atoms with Crippen molar-refractivity contribution in [3.8, 4) is 22.8 Å². The maximum Gasteiger partial charge on any atom is 0.245 e. The van der Waals surface area contributed by atoms with Crippen molar-refractivity contribution in [2.24, 2.45) is 5.92 Å². The summed E-state index contributed by atoms with van der Waals surface area (Å²) in [4.78, 5) is 32.4. The van der Waals surface area contributed by atoms with E-state index in [9.17, 15) is 4.79 Å². The number of aromatic amines is 1. The number of hydrogen-bond acceptors (Lipinski definition) is 8. The van der Waals surface area contributed by atoms with Crippen molar-refractivity contribution in [3.05, 3.63) is 30.4 Å². The van der Waals surface area contributed by atoms with Crippen LogP contribution in [0.15, 0.2) is 24.7 Å². The summed E-state index contributed by atoms with van der Waals surface area (Å²) in [6.07, 6.45) is 6.59. The highest BCUT2D eigenvalue weighted by molar-refractivity contribution is 5.99. The van der Waals surface area contributed by atoms with Gasteiger partial charge >= 0.3 is 0 Å². The fourth-order valence-corrected chi connectivity index (χ4v) is 4.40. The van der Waals surface area contributed by atoms with Crippen LogP contribution in [0.25, 0.3) is 22.8 Å². The molecule has 0 bridgehead atoms. The van der Waals surface area contributed by atoms with Gasteiger partial charge in [0.05, 0.1) is 24.5 Å². The van der Waals surface area contributed by atoms with E-state index in [0.29, 0.717) is 35.2 Å². The van der Waals surface area contributed by atoms with Gasteiger partial charge in [0.15, 0.2) is 17.5 Å². The summed E-state index contributed by atoms with van der Waals surface area (Å²) in [7, 11) is 1.76. The highest BCUT2D eigenvalue weighted by Crippen LogP contribution is 2.34. The van der Waals surface area contributed by atoms with Crippen LogP contribution in [0.5, 0.6) is 0 Å². The summed E-state index contributed by atoms with van der Waals surface area (Å²) in [5.41, 5.74) is 3.13. The lowest BCUT2D eigenvalue weighted by molar-refractivity contribution is -0.115. The van der Waals surface area contributed by atoms with Gasteiger partial charge in [0.1, 0.15) is 12.0 Å². The molecule has 0 radical (unpaired) electrons. The van der Waals surface area contributed by atoms with Crippen LogP contribution in [-0.4, -0.2) is 62.3 Å². The van der Waals surface area contributed by atoms with Gasteiger partial charge in [-0.2, -0.15) is 5.10 Å². The minimum atomic E-state index is -0.0647. The molecule has 0 saturated heterocycles. The third kappa shape index (κ3) is 3.86. The molecule has 0 aromatic carbocycles. The Morgan fingerprint density at radius 2 is 2.10 bits per heavy atom. The lowest BCUT2D eigenvalue weighted by atomic mass is 10.1. The van der Waals surface area contributed by atoms with Gasteiger partial charge in [0.25, 0.3) is 0 Å². The smallest absolute Gasteiger partial charge is 0.245 e. The average molecular weight is 420 g/mol.